The van der Waals surface area contributed by atoms with E-state index in [1.807, 2.05) is 32.0 Å². The summed E-state index contributed by atoms with van der Waals surface area (Å²) in [6.07, 6.45) is 0. The number of hydrogen-bond acceptors (Lipinski definition) is 4. The molecule has 3 aromatic rings. The summed E-state index contributed by atoms with van der Waals surface area (Å²) in [5.74, 6) is 0.435. The van der Waals surface area contributed by atoms with E-state index in [4.69, 9.17) is 9.26 Å². The maximum atomic E-state index is 13.2. The zero-order valence-corrected chi connectivity index (χ0v) is 15.7. The second kappa shape index (κ2) is 7.61. The molecular formula is C21H21FN2O3. The molecule has 3 rings (SSSR count). The van der Waals surface area contributed by atoms with Crippen LogP contribution in [0.15, 0.2) is 40.9 Å². The van der Waals surface area contributed by atoms with Crippen LogP contribution in [0.1, 0.15) is 38.5 Å². The summed E-state index contributed by atoms with van der Waals surface area (Å²) in [5.41, 5.74) is 4.17. The molecule has 6 heteroatoms. The first-order valence-corrected chi connectivity index (χ1v) is 8.58. The number of aryl methyl sites for hydroxylation is 4. The lowest BCUT2D eigenvalue weighted by Crippen LogP contribution is -2.16. The third-order valence-corrected chi connectivity index (χ3v) is 4.50. The van der Waals surface area contributed by atoms with Gasteiger partial charge >= 0.3 is 0 Å². The molecular weight excluding hydrogens is 347 g/mol. The number of benzene rings is 2. The van der Waals surface area contributed by atoms with Gasteiger partial charge in [0.1, 0.15) is 23.9 Å². The number of halogens is 1. The number of anilines is 1. The molecule has 0 spiro atoms. The normalized spacial score (nSPS) is 10.7. The summed E-state index contributed by atoms with van der Waals surface area (Å²) in [4.78, 5) is 12.6. The highest BCUT2D eigenvalue weighted by atomic mass is 19.1. The van der Waals surface area contributed by atoms with Crippen LogP contribution in [0, 0.1) is 33.5 Å². The number of amides is 1. The zero-order chi connectivity index (χ0) is 19.6. The van der Waals surface area contributed by atoms with Gasteiger partial charge < -0.3 is 14.6 Å². The highest BCUT2D eigenvalue weighted by molar-refractivity contribution is 6.04. The van der Waals surface area contributed by atoms with Gasteiger partial charge in [-0.15, -0.1) is 0 Å². The van der Waals surface area contributed by atoms with Crippen molar-refractivity contribution in [2.75, 3.05) is 5.32 Å². The molecule has 0 aliphatic heterocycles. The number of rotatable bonds is 5. The van der Waals surface area contributed by atoms with Crippen molar-refractivity contribution in [1.29, 1.82) is 0 Å². The van der Waals surface area contributed by atoms with E-state index >= 15 is 0 Å². The highest BCUT2D eigenvalue weighted by Gasteiger charge is 2.21. The van der Waals surface area contributed by atoms with Crippen molar-refractivity contribution in [1.82, 2.24) is 5.16 Å². The Kier molecular flexibility index (Phi) is 5.26. The minimum Gasteiger partial charge on any atom is -0.489 e. The van der Waals surface area contributed by atoms with Crippen LogP contribution in [0.3, 0.4) is 0 Å². The number of carbonyl (C=O) groups is 1. The van der Waals surface area contributed by atoms with Gasteiger partial charge in [-0.2, -0.15) is 0 Å². The third kappa shape index (κ3) is 4.16. The molecule has 1 heterocycles. The van der Waals surface area contributed by atoms with Gasteiger partial charge in [-0.25, -0.2) is 4.39 Å². The first kappa shape index (κ1) is 18.6. The average Bonchev–Trinajstić information content (AvgIpc) is 2.99. The Balaban J connectivity index is 1.77. The molecule has 1 aromatic heterocycles. The number of nitrogens with zero attached hydrogens (tertiary/aromatic N) is 1. The van der Waals surface area contributed by atoms with E-state index in [9.17, 15) is 9.18 Å². The SMILES string of the molecule is Cc1ccc(OCc2c(C(=O)Nc3ccc(F)cc3C)noc2C)cc1C. The van der Waals surface area contributed by atoms with Crippen LogP contribution in [0.25, 0.3) is 0 Å². The van der Waals surface area contributed by atoms with Gasteiger partial charge in [0.25, 0.3) is 5.91 Å². The van der Waals surface area contributed by atoms with Crippen LogP contribution >= 0.6 is 0 Å². The molecule has 1 amide bonds. The number of nitrogens with one attached hydrogen (secondary N) is 1. The van der Waals surface area contributed by atoms with Crippen LogP contribution in [0.5, 0.6) is 5.75 Å². The molecule has 0 bridgehead atoms. The van der Waals surface area contributed by atoms with Gasteiger partial charge in [0, 0.05) is 5.69 Å². The largest absolute Gasteiger partial charge is 0.489 e. The standard InChI is InChI=1S/C21H21FN2O3/c1-12-5-7-17(10-13(12)2)26-11-18-15(4)27-24-20(18)21(25)23-19-8-6-16(22)9-14(19)3/h5-10H,11H2,1-4H3,(H,23,25). The van der Waals surface area contributed by atoms with Crippen LogP contribution in [-0.2, 0) is 6.61 Å². The van der Waals surface area contributed by atoms with E-state index in [0.717, 1.165) is 5.56 Å². The molecule has 0 saturated heterocycles. The average molecular weight is 368 g/mol. The Morgan fingerprint density at radius 2 is 1.85 bits per heavy atom. The fraction of sp³-hybridized carbons (Fsp3) is 0.238. The molecule has 27 heavy (non-hydrogen) atoms. The number of carbonyl (C=O) groups excluding carboxylic acids is 1. The van der Waals surface area contributed by atoms with Crippen molar-refractivity contribution in [3.05, 3.63) is 75.9 Å². The Labute approximate surface area is 157 Å². The molecule has 0 atom stereocenters. The molecule has 140 valence electrons. The predicted octanol–water partition coefficient (Wildman–Crippen LogP) is 4.88. The van der Waals surface area contributed by atoms with Crippen LogP contribution in [0.4, 0.5) is 10.1 Å². The summed E-state index contributed by atoms with van der Waals surface area (Å²) < 4.78 is 24.2. The highest BCUT2D eigenvalue weighted by Crippen LogP contribution is 2.22. The number of aromatic nitrogens is 1. The van der Waals surface area contributed by atoms with Crippen molar-refractivity contribution in [3.63, 3.8) is 0 Å². The van der Waals surface area contributed by atoms with Crippen LogP contribution in [0.2, 0.25) is 0 Å². The van der Waals surface area contributed by atoms with E-state index in [1.54, 1.807) is 13.8 Å². The Hall–Kier alpha value is -3.15. The van der Waals surface area contributed by atoms with Crippen LogP contribution in [-0.4, -0.2) is 11.1 Å². The van der Waals surface area contributed by atoms with Crippen molar-refractivity contribution in [3.8, 4) is 5.75 Å². The molecule has 5 nitrogen and oxygen atoms in total. The molecule has 0 unspecified atom stereocenters. The summed E-state index contributed by atoms with van der Waals surface area (Å²) in [6, 6.07) is 9.97. The van der Waals surface area contributed by atoms with Gasteiger partial charge in [-0.3, -0.25) is 4.79 Å². The molecule has 2 aromatic carbocycles. The van der Waals surface area contributed by atoms with Gasteiger partial charge in [-0.1, -0.05) is 11.2 Å². The molecule has 1 N–H and O–H groups in total. The quantitative estimate of drug-likeness (QED) is 0.697. The van der Waals surface area contributed by atoms with Crippen molar-refractivity contribution in [2.24, 2.45) is 0 Å². The molecule has 0 fully saturated rings. The molecule has 0 radical (unpaired) electrons. The second-order valence-electron chi connectivity index (χ2n) is 6.51. The second-order valence-corrected chi connectivity index (χ2v) is 6.51. The lowest BCUT2D eigenvalue weighted by Gasteiger charge is -2.10. The van der Waals surface area contributed by atoms with Gasteiger partial charge in [0.15, 0.2) is 5.69 Å². The van der Waals surface area contributed by atoms with E-state index < -0.39 is 5.91 Å². The number of hydrogen-bond donors (Lipinski definition) is 1. The molecule has 0 aliphatic rings. The lowest BCUT2D eigenvalue weighted by atomic mass is 10.1. The lowest BCUT2D eigenvalue weighted by molar-refractivity contribution is 0.101. The Bertz CT molecular complexity index is 995. The fourth-order valence-corrected chi connectivity index (χ4v) is 2.65. The summed E-state index contributed by atoms with van der Waals surface area (Å²) in [7, 11) is 0. The Morgan fingerprint density at radius 1 is 1.07 bits per heavy atom. The summed E-state index contributed by atoms with van der Waals surface area (Å²) >= 11 is 0. The van der Waals surface area contributed by atoms with Crippen molar-refractivity contribution >= 4 is 11.6 Å². The number of ether oxygens (including phenoxy) is 1. The first-order valence-electron chi connectivity index (χ1n) is 8.58. The third-order valence-electron chi connectivity index (χ3n) is 4.50. The maximum absolute atomic E-state index is 13.2. The minimum atomic E-state index is -0.430. The molecule has 0 aliphatic carbocycles. The Morgan fingerprint density at radius 3 is 2.56 bits per heavy atom. The van der Waals surface area contributed by atoms with Gasteiger partial charge in [-0.05, 0) is 74.7 Å². The van der Waals surface area contributed by atoms with Crippen molar-refractivity contribution in [2.45, 2.75) is 34.3 Å². The fourth-order valence-electron chi connectivity index (χ4n) is 2.65. The van der Waals surface area contributed by atoms with Gasteiger partial charge in [0.2, 0.25) is 0 Å². The van der Waals surface area contributed by atoms with Gasteiger partial charge in [0.05, 0.1) is 5.56 Å². The summed E-state index contributed by atoms with van der Waals surface area (Å²) in [5, 5.41) is 6.60. The predicted molar refractivity (Wildman–Crippen MR) is 101 cm³/mol. The van der Waals surface area contributed by atoms with Crippen molar-refractivity contribution < 1.29 is 18.4 Å². The zero-order valence-electron chi connectivity index (χ0n) is 15.7. The minimum absolute atomic E-state index is 0.153. The van der Waals surface area contributed by atoms with Crippen LogP contribution < -0.4 is 10.1 Å². The molecule has 0 saturated carbocycles. The van der Waals surface area contributed by atoms with E-state index in [2.05, 4.69) is 10.5 Å². The topological polar surface area (TPSA) is 64.4 Å². The smallest absolute Gasteiger partial charge is 0.278 e. The van der Waals surface area contributed by atoms with E-state index in [-0.39, 0.29) is 18.1 Å². The maximum Gasteiger partial charge on any atom is 0.278 e. The van der Waals surface area contributed by atoms with E-state index in [0.29, 0.717) is 28.3 Å². The first-order chi connectivity index (χ1) is 12.8. The van der Waals surface area contributed by atoms with E-state index in [1.165, 1.54) is 23.8 Å². The summed E-state index contributed by atoms with van der Waals surface area (Å²) in [6.45, 7) is 7.64. The monoisotopic (exact) mass is 368 g/mol.